The SMILES string of the molecule is CC1(C)c2cc3ccc4cccc5ccc(c2-c2ccc6c(c21)C(C)(C)c1cc2ccc7cccc8ccc(c1-6)c2c78)c3c45. The summed E-state index contributed by atoms with van der Waals surface area (Å²) in [6.07, 6.45) is 0. The second-order valence-electron chi connectivity index (χ2n) is 14.5. The first kappa shape index (κ1) is 23.5. The Hall–Kier alpha value is -4.94. The molecule has 11 rings (SSSR count). The molecule has 9 aromatic rings. The molecular weight excluding hydrogens is 528 g/mol. The van der Waals surface area contributed by atoms with Crippen molar-refractivity contribution in [1.82, 2.24) is 0 Å². The third-order valence-corrected chi connectivity index (χ3v) is 11.6. The lowest BCUT2D eigenvalue weighted by Gasteiger charge is -2.31. The molecule has 206 valence electrons. The Bertz CT molecular complexity index is 2530. The number of hydrogen-bond acceptors (Lipinski definition) is 0. The molecule has 0 nitrogen and oxygen atoms in total. The zero-order chi connectivity index (χ0) is 29.3. The molecule has 0 atom stereocenters. The maximum absolute atomic E-state index is 2.51. The van der Waals surface area contributed by atoms with Crippen molar-refractivity contribution < 1.29 is 0 Å². The van der Waals surface area contributed by atoms with Gasteiger partial charge in [0.15, 0.2) is 0 Å². The number of hydrogen-bond donors (Lipinski definition) is 0. The van der Waals surface area contributed by atoms with Crippen LogP contribution in [0, 0.1) is 0 Å². The molecule has 0 bridgehead atoms. The largest absolute Gasteiger partial charge is 0.0610 e. The van der Waals surface area contributed by atoms with E-state index in [9.17, 15) is 0 Å². The Balaban J connectivity index is 1.28. The minimum absolute atomic E-state index is 0.119. The summed E-state index contributed by atoms with van der Waals surface area (Å²) in [6.45, 7) is 9.87. The number of benzene rings is 9. The minimum Gasteiger partial charge on any atom is -0.0610 e. The maximum atomic E-state index is 2.51. The van der Waals surface area contributed by atoms with E-state index in [1.54, 1.807) is 0 Å². The van der Waals surface area contributed by atoms with Crippen LogP contribution in [-0.2, 0) is 10.8 Å². The monoisotopic (exact) mass is 558 g/mol. The van der Waals surface area contributed by atoms with Crippen molar-refractivity contribution in [3.8, 4) is 22.3 Å². The van der Waals surface area contributed by atoms with Gasteiger partial charge in [-0.15, -0.1) is 0 Å². The van der Waals surface area contributed by atoms with Gasteiger partial charge in [0.25, 0.3) is 0 Å². The summed E-state index contributed by atoms with van der Waals surface area (Å²) in [5, 5.41) is 16.4. The Morgan fingerprint density at radius 2 is 0.727 bits per heavy atom. The molecule has 0 fully saturated rings. The summed E-state index contributed by atoms with van der Waals surface area (Å²) in [6, 6.07) is 42.1. The fourth-order valence-electron chi connectivity index (χ4n) is 9.77. The molecule has 0 saturated carbocycles. The van der Waals surface area contributed by atoms with Crippen LogP contribution in [0.5, 0.6) is 0 Å². The van der Waals surface area contributed by atoms with Crippen LogP contribution in [0.4, 0.5) is 0 Å². The van der Waals surface area contributed by atoms with Crippen LogP contribution in [0.2, 0.25) is 0 Å². The van der Waals surface area contributed by atoms with Crippen molar-refractivity contribution in [3.05, 3.63) is 131 Å². The smallest absolute Gasteiger partial charge is 0.0162 e. The summed E-state index contributed by atoms with van der Waals surface area (Å²) in [4.78, 5) is 0. The fourth-order valence-corrected chi connectivity index (χ4v) is 9.77. The van der Waals surface area contributed by atoms with E-state index >= 15 is 0 Å². The summed E-state index contributed by atoms with van der Waals surface area (Å²) in [7, 11) is 0. The third kappa shape index (κ3) is 2.46. The van der Waals surface area contributed by atoms with Gasteiger partial charge in [0.1, 0.15) is 0 Å². The van der Waals surface area contributed by atoms with Gasteiger partial charge in [-0.1, -0.05) is 125 Å². The second kappa shape index (κ2) is 7.22. The minimum atomic E-state index is -0.119. The van der Waals surface area contributed by atoms with Gasteiger partial charge in [0.05, 0.1) is 0 Å². The second-order valence-corrected chi connectivity index (χ2v) is 14.5. The summed E-state index contributed by atoms with van der Waals surface area (Å²) >= 11 is 0. The van der Waals surface area contributed by atoms with Crippen molar-refractivity contribution in [2.24, 2.45) is 0 Å². The van der Waals surface area contributed by atoms with E-state index in [4.69, 9.17) is 0 Å². The van der Waals surface area contributed by atoms with Gasteiger partial charge >= 0.3 is 0 Å². The molecule has 0 heterocycles. The molecule has 0 aromatic heterocycles. The number of fused-ring (bicyclic) bond motifs is 9. The first-order chi connectivity index (χ1) is 21.3. The molecule has 2 aliphatic rings. The highest BCUT2D eigenvalue weighted by molar-refractivity contribution is 6.28. The molecule has 0 radical (unpaired) electrons. The van der Waals surface area contributed by atoms with Crippen molar-refractivity contribution in [1.29, 1.82) is 0 Å². The summed E-state index contributed by atoms with van der Waals surface area (Å²) in [5.74, 6) is 0. The lowest BCUT2D eigenvalue weighted by Crippen LogP contribution is -2.24. The van der Waals surface area contributed by atoms with Crippen molar-refractivity contribution in [3.63, 3.8) is 0 Å². The quantitative estimate of drug-likeness (QED) is 0.162. The van der Waals surface area contributed by atoms with Crippen LogP contribution in [0.1, 0.15) is 49.9 Å². The van der Waals surface area contributed by atoms with Gasteiger partial charge in [0.2, 0.25) is 0 Å². The highest BCUT2D eigenvalue weighted by Crippen LogP contribution is 2.62. The predicted molar refractivity (Wildman–Crippen MR) is 189 cm³/mol. The lowest BCUT2D eigenvalue weighted by molar-refractivity contribution is 0.602. The van der Waals surface area contributed by atoms with E-state index in [1.807, 2.05) is 0 Å². The van der Waals surface area contributed by atoms with Gasteiger partial charge in [-0.3, -0.25) is 0 Å². The van der Waals surface area contributed by atoms with Crippen LogP contribution >= 0.6 is 0 Å². The summed E-state index contributed by atoms with van der Waals surface area (Å²) in [5.41, 5.74) is 11.4. The molecule has 0 amide bonds. The molecule has 0 N–H and O–H groups in total. The predicted octanol–water partition coefficient (Wildman–Crippen LogP) is 12.1. The van der Waals surface area contributed by atoms with Gasteiger partial charge in [-0.2, -0.15) is 0 Å². The molecule has 9 aromatic carbocycles. The van der Waals surface area contributed by atoms with E-state index in [-0.39, 0.29) is 10.8 Å². The van der Waals surface area contributed by atoms with Crippen LogP contribution in [0.15, 0.2) is 109 Å². The topological polar surface area (TPSA) is 0 Å². The first-order valence-corrected chi connectivity index (χ1v) is 15.9. The molecule has 0 saturated heterocycles. The Morgan fingerprint density at radius 3 is 1.14 bits per heavy atom. The molecule has 0 heteroatoms. The molecular formula is C44H30. The van der Waals surface area contributed by atoms with Crippen LogP contribution < -0.4 is 0 Å². The summed E-state index contributed by atoms with van der Waals surface area (Å²) < 4.78 is 0. The molecule has 0 spiro atoms. The van der Waals surface area contributed by atoms with Crippen molar-refractivity contribution in [2.75, 3.05) is 0 Å². The van der Waals surface area contributed by atoms with Gasteiger partial charge in [-0.05, 0) is 121 Å². The normalized spacial score (nSPS) is 16.1. The van der Waals surface area contributed by atoms with Crippen molar-refractivity contribution in [2.45, 2.75) is 38.5 Å². The van der Waals surface area contributed by atoms with Crippen LogP contribution in [0.3, 0.4) is 0 Å². The number of rotatable bonds is 0. The highest BCUT2D eigenvalue weighted by Gasteiger charge is 2.47. The highest BCUT2D eigenvalue weighted by atomic mass is 14.5. The van der Waals surface area contributed by atoms with E-state index < -0.39 is 0 Å². The van der Waals surface area contributed by atoms with Gasteiger partial charge in [0, 0.05) is 10.8 Å². The standard InChI is InChI=1S/C44H30/c1-43(2)33-21-27-13-11-23-7-5-9-25-15-17-29(37(27)35(23)25)39(33)31-19-20-32-40-30-18-16-26-10-6-8-24-12-14-28(38(30)36(24)26)22-34(40)44(3,4)42(32)41(31)43/h5-22H,1-4H3. The van der Waals surface area contributed by atoms with E-state index in [1.165, 1.54) is 109 Å². The van der Waals surface area contributed by atoms with Gasteiger partial charge in [-0.25, -0.2) is 0 Å². The molecule has 44 heavy (non-hydrogen) atoms. The average Bonchev–Trinajstić information content (AvgIpc) is 3.41. The van der Waals surface area contributed by atoms with E-state index in [0.717, 1.165) is 0 Å². The van der Waals surface area contributed by atoms with Crippen LogP contribution in [0.25, 0.3) is 86.9 Å². The fraction of sp³-hybridized carbons (Fsp3) is 0.136. The Morgan fingerprint density at radius 1 is 0.364 bits per heavy atom. The average molecular weight is 559 g/mol. The lowest BCUT2D eigenvalue weighted by atomic mass is 9.72. The molecule has 2 aliphatic carbocycles. The van der Waals surface area contributed by atoms with Crippen LogP contribution in [-0.4, -0.2) is 0 Å². The van der Waals surface area contributed by atoms with E-state index in [0.29, 0.717) is 0 Å². The third-order valence-electron chi connectivity index (χ3n) is 11.6. The van der Waals surface area contributed by atoms with Gasteiger partial charge < -0.3 is 0 Å². The van der Waals surface area contributed by atoms with E-state index in [2.05, 4.69) is 137 Å². The molecule has 0 unspecified atom stereocenters. The van der Waals surface area contributed by atoms with Crippen molar-refractivity contribution >= 4 is 64.6 Å². The first-order valence-electron chi connectivity index (χ1n) is 15.9. The zero-order valence-electron chi connectivity index (χ0n) is 25.4. The molecule has 0 aliphatic heterocycles. The Kier molecular flexibility index (Phi) is 3.86. The maximum Gasteiger partial charge on any atom is 0.0162 e. The zero-order valence-corrected chi connectivity index (χ0v) is 25.4. The Labute approximate surface area is 256 Å².